The Kier molecular flexibility index (Phi) is 36.1. The Bertz CT molecular complexity index is 789. The zero-order valence-corrected chi connectivity index (χ0v) is 31.4. The van der Waals surface area contributed by atoms with Crippen molar-refractivity contribution in [3.63, 3.8) is 0 Å². The summed E-state index contributed by atoms with van der Waals surface area (Å²) in [6.07, 6.45) is 53.5. The maximum Gasteiger partial charge on any atom is 0.221 e. The number of hydrogen-bond donors (Lipinski definition) is 1. The second-order valence-corrected chi connectivity index (χ2v) is 13.5. The average Bonchev–Trinajstić information content (AvgIpc) is 3.05. The Morgan fingerprint density at radius 3 is 1.37 bits per heavy atom. The van der Waals surface area contributed by atoms with Gasteiger partial charge in [-0.05, 0) is 104 Å². The van der Waals surface area contributed by atoms with Crippen LogP contribution in [0.4, 0.5) is 0 Å². The lowest BCUT2D eigenvalue weighted by atomic mass is 10.0. The molecule has 3 nitrogen and oxygen atoms in total. The topological polar surface area (TPSA) is 32.3 Å². The number of rotatable bonds is 34. The summed E-state index contributed by atoms with van der Waals surface area (Å²) in [7, 11) is 4.05. The average molecular weight is 639 g/mol. The number of unbranched alkanes of at least 4 members (excludes halogenated alkanes) is 18. The number of nitrogens with one attached hydrogen (secondary N) is 1. The third-order valence-electron chi connectivity index (χ3n) is 8.58. The predicted octanol–water partition coefficient (Wildman–Crippen LogP) is 13.0. The van der Waals surface area contributed by atoms with Gasteiger partial charge in [-0.15, -0.1) is 0 Å². The van der Waals surface area contributed by atoms with Crippen LogP contribution in [0.2, 0.25) is 0 Å². The zero-order chi connectivity index (χ0) is 33.6. The van der Waals surface area contributed by atoms with Gasteiger partial charge in [-0.2, -0.15) is 0 Å². The first-order valence-electron chi connectivity index (χ1n) is 19.8. The highest BCUT2D eigenvalue weighted by molar-refractivity contribution is 5.76. The van der Waals surface area contributed by atoms with Gasteiger partial charge in [0.25, 0.3) is 0 Å². The Morgan fingerprint density at radius 2 is 0.913 bits per heavy atom. The molecule has 0 unspecified atom stereocenters. The van der Waals surface area contributed by atoms with Gasteiger partial charge in [-0.1, -0.05) is 145 Å². The lowest BCUT2D eigenvalue weighted by Crippen LogP contribution is -2.28. The van der Waals surface area contributed by atoms with Gasteiger partial charge in [0.2, 0.25) is 5.91 Å². The largest absolute Gasteiger partial charge is 0.352 e. The van der Waals surface area contributed by atoms with E-state index >= 15 is 0 Å². The Balaban J connectivity index is 4.09. The number of carbonyl (C=O) groups excluding carboxylic acids is 1. The van der Waals surface area contributed by atoms with Crippen molar-refractivity contribution in [2.24, 2.45) is 0 Å². The normalized spacial score (nSPS) is 12.7. The molecular weight excluding hydrogens is 560 g/mol. The standard InChI is InChI=1S/C43H78N2O/c1-5-7-9-11-13-15-17-19-21-23-25-27-29-31-33-35-37-42(41-44-43(46)39-40-45(3)4)38-36-34-32-30-28-26-24-22-20-18-16-14-12-10-8-6-2/h13-16,19-22,37H,5-12,17-18,23-36,38-41H2,1-4H3,(H,44,46)/b15-13-,16-14-,21-19-,22-20-,42-37+. The summed E-state index contributed by atoms with van der Waals surface area (Å²) in [4.78, 5) is 14.4. The molecule has 1 amide bonds. The van der Waals surface area contributed by atoms with Crippen LogP contribution in [0.15, 0.2) is 60.3 Å². The first-order chi connectivity index (χ1) is 22.6. The highest BCUT2D eigenvalue weighted by atomic mass is 16.1. The van der Waals surface area contributed by atoms with Crippen LogP contribution in [-0.2, 0) is 4.79 Å². The fourth-order valence-corrected chi connectivity index (χ4v) is 5.49. The lowest BCUT2D eigenvalue weighted by molar-refractivity contribution is -0.121. The van der Waals surface area contributed by atoms with E-state index in [1.165, 1.54) is 140 Å². The van der Waals surface area contributed by atoms with Crippen LogP contribution in [-0.4, -0.2) is 38.0 Å². The second kappa shape index (κ2) is 37.6. The summed E-state index contributed by atoms with van der Waals surface area (Å²) in [6, 6.07) is 0. The molecule has 0 bridgehead atoms. The van der Waals surface area contributed by atoms with E-state index in [2.05, 4.69) is 78.7 Å². The number of hydrogen-bond acceptors (Lipinski definition) is 2. The molecular formula is C43H78N2O. The molecule has 0 radical (unpaired) electrons. The number of amides is 1. The molecule has 0 rings (SSSR count). The van der Waals surface area contributed by atoms with Crippen molar-refractivity contribution in [2.45, 2.75) is 181 Å². The molecule has 1 N–H and O–H groups in total. The minimum Gasteiger partial charge on any atom is -0.352 e. The summed E-state index contributed by atoms with van der Waals surface area (Å²) < 4.78 is 0. The van der Waals surface area contributed by atoms with E-state index in [0.717, 1.165) is 38.8 Å². The molecule has 46 heavy (non-hydrogen) atoms. The third-order valence-corrected chi connectivity index (χ3v) is 8.58. The summed E-state index contributed by atoms with van der Waals surface area (Å²) in [5.74, 6) is 0.175. The van der Waals surface area contributed by atoms with Crippen molar-refractivity contribution in [3.05, 3.63) is 60.3 Å². The van der Waals surface area contributed by atoms with Gasteiger partial charge in [-0.25, -0.2) is 0 Å². The van der Waals surface area contributed by atoms with Crippen molar-refractivity contribution in [1.29, 1.82) is 0 Å². The molecule has 0 heterocycles. The molecule has 0 aliphatic carbocycles. The van der Waals surface area contributed by atoms with Gasteiger partial charge in [0.1, 0.15) is 0 Å². The molecule has 0 saturated heterocycles. The smallest absolute Gasteiger partial charge is 0.221 e. The molecule has 0 aromatic heterocycles. The molecule has 0 aromatic carbocycles. The maximum atomic E-state index is 12.3. The van der Waals surface area contributed by atoms with Crippen LogP contribution in [0.3, 0.4) is 0 Å². The van der Waals surface area contributed by atoms with E-state index in [1.54, 1.807) is 0 Å². The van der Waals surface area contributed by atoms with Crippen molar-refractivity contribution in [2.75, 3.05) is 27.2 Å². The molecule has 0 spiro atoms. The molecule has 0 aliphatic rings. The highest BCUT2D eigenvalue weighted by Crippen LogP contribution is 2.15. The quantitative estimate of drug-likeness (QED) is 0.0562. The predicted molar refractivity (Wildman–Crippen MR) is 208 cm³/mol. The highest BCUT2D eigenvalue weighted by Gasteiger charge is 2.05. The van der Waals surface area contributed by atoms with Crippen LogP contribution in [0.25, 0.3) is 0 Å². The molecule has 0 saturated carbocycles. The van der Waals surface area contributed by atoms with Gasteiger partial charge in [0.05, 0.1) is 0 Å². The van der Waals surface area contributed by atoms with Gasteiger partial charge in [0.15, 0.2) is 0 Å². The monoisotopic (exact) mass is 639 g/mol. The van der Waals surface area contributed by atoms with Crippen LogP contribution < -0.4 is 5.32 Å². The zero-order valence-electron chi connectivity index (χ0n) is 31.4. The molecule has 0 aliphatic heterocycles. The first kappa shape index (κ1) is 44.1. The molecule has 0 atom stereocenters. The maximum absolute atomic E-state index is 12.3. The number of carbonyl (C=O) groups is 1. The van der Waals surface area contributed by atoms with Gasteiger partial charge < -0.3 is 10.2 Å². The summed E-state index contributed by atoms with van der Waals surface area (Å²) in [5.41, 5.74) is 1.44. The van der Waals surface area contributed by atoms with Crippen LogP contribution in [0, 0.1) is 0 Å². The molecule has 266 valence electrons. The van der Waals surface area contributed by atoms with Gasteiger partial charge in [-0.3, -0.25) is 4.79 Å². The van der Waals surface area contributed by atoms with Crippen molar-refractivity contribution in [1.82, 2.24) is 10.2 Å². The second-order valence-electron chi connectivity index (χ2n) is 13.5. The van der Waals surface area contributed by atoms with Crippen molar-refractivity contribution >= 4 is 5.91 Å². The van der Waals surface area contributed by atoms with E-state index in [4.69, 9.17) is 0 Å². The summed E-state index contributed by atoms with van der Waals surface area (Å²) in [6.45, 7) is 6.06. The van der Waals surface area contributed by atoms with E-state index < -0.39 is 0 Å². The van der Waals surface area contributed by atoms with Crippen molar-refractivity contribution < 1.29 is 4.79 Å². The third kappa shape index (κ3) is 36.6. The fraction of sp³-hybridized carbons (Fsp3) is 0.744. The minimum absolute atomic E-state index is 0.175. The van der Waals surface area contributed by atoms with E-state index in [-0.39, 0.29) is 5.91 Å². The first-order valence-corrected chi connectivity index (χ1v) is 19.8. The van der Waals surface area contributed by atoms with E-state index in [9.17, 15) is 4.79 Å². The van der Waals surface area contributed by atoms with Crippen LogP contribution in [0.1, 0.15) is 181 Å². The lowest BCUT2D eigenvalue weighted by Gasteiger charge is -2.12. The minimum atomic E-state index is 0.175. The van der Waals surface area contributed by atoms with Gasteiger partial charge >= 0.3 is 0 Å². The molecule has 0 aromatic rings. The Labute approximate surface area is 288 Å². The number of allylic oxidation sites excluding steroid dienone is 9. The summed E-state index contributed by atoms with van der Waals surface area (Å²) in [5, 5.41) is 3.19. The Hall–Kier alpha value is -1.87. The van der Waals surface area contributed by atoms with Crippen molar-refractivity contribution in [3.8, 4) is 0 Å². The van der Waals surface area contributed by atoms with Crippen LogP contribution >= 0.6 is 0 Å². The van der Waals surface area contributed by atoms with Crippen LogP contribution in [0.5, 0.6) is 0 Å². The SMILES string of the molecule is CCCCC/C=C\C/C=C\CCCCCCC/C=C(\CCCCCCCC/C=C\C/C=C\CCCCC)CNC(=O)CCN(C)C. The summed E-state index contributed by atoms with van der Waals surface area (Å²) >= 11 is 0. The van der Waals surface area contributed by atoms with Gasteiger partial charge in [0, 0.05) is 19.5 Å². The Morgan fingerprint density at radius 1 is 0.500 bits per heavy atom. The van der Waals surface area contributed by atoms with E-state index in [1.807, 2.05) is 14.1 Å². The number of nitrogens with zero attached hydrogens (tertiary/aromatic N) is 1. The van der Waals surface area contributed by atoms with E-state index in [0.29, 0.717) is 6.42 Å². The molecule has 0 fully saturated rings. The molecule has 3 heteroatoms. The fourth-order valence-electron chi connectivity index (χ4n) is 5.49.